The number of carboxylic acids is 1. The van der Waals surface area contributed by atoms with E-state index in [1.165, 1.54) is 0 Å². The Labute approximate surface area is 108 Å². The zero-order valence-electron chi connectivity index (χ0n) is 9.40. The molecule has 0 radical (unpaired) electrons. The molecule has 2 N–H and O–H groups in total. The van der Waals surface area contributed by atoms with Crippen LogP contribution >= 0.6 is 15.9 Å². The zero-order chi connectivity index (χ0) is 12.8. The first kappa shape index (κ1) is 13.5. The minimum atomic E-state index is -0.794. The van der Waals surface area contributed by atoms with Crippen molar-refractivity contribution < 1.29 is 9.90 Å². The topological polar surface area (TPSA) is 73.1 Å². The first-order valence-corrected chi connectivity index (χ1v) is 6.00. The van der Waals surface area contributed by atoms with E-state index in [1.54, 1.807) is 18.2 Å². The number of halogens is 1. The maximum atomic E-state index is 10.4. The molecule has 0 fully saturated rings. The lowest BCUT2D eigenvalue weighted by Gasteiger charge is -2.15. The Morgan fingerprint density at radius 1 is 1.65 bits per heavy atom. The van der Waals surface area contributed by atoms with Gasteiger partial charge in [0.15, 0.2) is 0 Å². The summed E-state index contributed by atoms with van der Waals surface area (Å²) in [6.07, 6.45) is 0.698. The third kappa shape index (κ3) is 4.45. The Balaban J connectivity index is 2.62. The number of carboxylic acid groups (broad SMARTS) is 1. The number of nitriles is 1. The monoisotopic (exact) mass is 296 g/mol. The standard InChI is InChI=1S/C12H13BrN2O2/c1-8(2-5-12(16)17)15-11-4-3-9(7-14)6-10(11)13/h3-4,6,8,15H,2,5H2,1H3,(H,16,17). The van der Waals surface area contributed by atoms with Gasteiger partial charge in [0.2, 0.25) is 0 Å². The lowest BCUT2D eigenvalue weighted by molar-refractivity contribution is -0.137. The van der Waals surface area contributed by atoms with Crippen LogP contribution < -0.4 is 5.32 Å². The van der Waals surface area contributed by atoms with Crippen molar-refractivity contribution in [2.45, 2.75) is 25.8 Å². The maximum Gasteiger partial charge on any atom is 0.303 e. The molecule has 0 amide bonds. The van der Waals surface area contributed by atoms with Gasteiger partial charge in [-0.05, 0) is 47.5 Å². The van der Waals surface area contributed by atoms with Gasteiger partial charge in [-0.3, -0.25) is 4.79 Å². The fourth-order valence-corrected chi connectivity index (χ4v) is 1.87. The van der Waals surface area contributed by atoms with E-state index in [1.807, 2.05) is 6.92 Å². The van der Waals surface area contributed by atoms with Crippen LogP contribution in [-0.4, -0.2) is 17.1 Å². The molecule has 1 atom stereocenters. The van der Waals surface area contributed by atoms with E-state index in [2.05, 4.69) is 27.3 Å². The quantitative estimate of drug-likeness (QED) is 0.876. The molecule has 4 nitrogen and oxygen atoms in total. The number of rotatable bonds is 5. The van der Waals surface area contributed by atoms with Crippen LogP contribution in [0.2, 0.25) is 0 Å². The van der Waals surface area contributed by atoms with Gasteiger partial charge >= 0.3 is 5.97 Å². The molecule has 0 spiro atoms. The number of nitrogens with zero attached hydrogens (tertiary/aromatic N) is 1. The minimum absolute atomic E-state index is 0.0651. The summed E-state index contributed by atoms with van der Waals surface area (Å²) in [5.41, 5.74) is 1.45. The van der Waals surface area contributed by atoms with E-state index in [0.29, 0.717) is 12.0 Å². The van der Waals surface area contributed by atoms with Crippen LogP contribution in [0.1, 0.15) is 25.3 Å². The predicted molar refractivity (Wildman–Crippen MR) is 68.8 cm³/mol. The van der Waals surface area contributed by atoms with E-state index >= 15 is 0 Å². The highest BCUT2D eigenvalue weighted by atomic mass is 79.9. The number of carbonyl (C=O) groups is 1. The highest BCUT2D eigenvalue weighted by Crippen LogP contribution is 2.24. The Kier molecular flexibility index (Phi) is 4.98. The van der Waals surface area contributed by atoms with Crippen molar-refractivity contribution in [1.82, 2.24) is 0 Å². The fraction of sp³-hybridized carbons (Fsp3) is 0.333. The summed E-state index contributed by atoms with van der Waals surface area (Å²) in [4.78, 5) is 10.4. The third-order valence-electron chi connectivity index (χ3n) is 2.29. The molecule has 5 heteroatoms. The van der Waals surface area contributed by atoms with Gasteiger partial charge in [0, 0.05) is 22.6 Å². The first-order valence-electron chi connectivity index (χ1n) is 5.21. The van der Waals surface area contributed by atoms with E-state index < -0.39 is 5.97 Å². The molecule has 1 aromatic rings. The lowest BCUT2D eigenvalue weighted by Crippen LogP contribution is -2.16. The number of nitrogens with one attached hydrogen (secondary N) is 1. The van der Waals surface area contributed by atoms with Crippen molar-refractivity contribution >= 4 is 27.6 Å². The SMILES string of the molecule is CC(CCC(=O)O)Nc1ccc(C#N)cc1Br. The molecule has 1 rings (SSSR count). The van der Waals surface area contributed by atoms with Crippen molar-refractivity contribution in [2.24, 2.45) is 0 Å². The summed E-state index contributed by atoms with van der Waals surface area (Å²) in [6.45, 7) is 1.92. The lowest BCUT2D eigenvalue weighted by atomic mass is 10.1. The highest BCUT2D eigenvalue weighted by molar-refractivity contribution is 9.10. The normalized spacial score (nSPS) is 11.6. The van der Waals surface area contributed by atoms with Crippen molar-refractivity contribution in [1.29, 1.82) is 5.26 Å². The van der Waals surface area contributed by atoms with Gasteiger partial charge in [0.25, 0.3) is 0 Å². The van der Waals surface area contributed by atoms with Crippen LogP contribution in [0.5, 0.6) is 0 Å². The maximum absolute atomic E-state index is 10.4. The number of hydrogen-bond donors (Lipinski definition) is 2. The minimum Gasteiger partial charge on any atom is -0.481 e. The molecule has 0 aliphatic rings. The van der Waals surface area contributed by atoms with Gasteiger partial charge in [-0.15, -0.1) is 0 Å². The van der Waals surface area contributed by atoms with Crippen LogP contribution in [0.3, 0.4) is 0 Å². The van der Waals surface area contributed by atoms with Crippen molar-refractivity contribution in [3.63, 3.8) is 0 Å². The third-order valence-corrected chi connectivity index (χ3v) is 2.95. The van der Waals surface area contributed by atoms with Crippen LogP contribution in [0.4, 0.5) is 5.69 Å². The second-order valence-corrected chi connectivity index (χ2v) is 4.64. The molecule has 0 heterocycles. The molecule has 17 heavy (non-hydrogen) atoms. The van der Waals surface area contributed by atoms with Crippen LogP contribution in [0.15, 0.2) is 22.7 Å². The number of anilines is 1. The number of hydrogen-bond acceptors (Lipinski definition) is 3. The Morgan fingerprint density at radius 2 is 2.35 bits per heavy atom. The molecule has 0 aromatic heterocycles. The second-order valence-electron chi connectivity index (χ2n) is 3.78. The van der Waals surface area contributed by atoms with Gasteiger partial charge in [-0.2, -0.15) is 5.26 Å². The first-order chi connectivity index (χ1) is 8.02. The molecule has 0 saturated carbocycles. The van der Waals surface area contributed by atoms with Crippen LogP contribution in [0.25, 0.3) is 0 Å². The number of aliphatic carboxylic acids is 1. The van der Waals surface area contributed by atoms with Gasteiger partial charge in [-0.1, -0.05) is 0 Å². The average Bonchev–Trinajstić information content (AvgIpc) is 2.29. The highest BCUT2D eigenvalue weighted by Gasteiger charge is 2.07. The predicted octanol–water partition coefficient (Wildman–Crippen LogP) is 2.99. The molecular weight excluding hydrogens is 284 g/mol. The smallest absolute Gasteiger partial charge is 0.303 e. The summed E-state index contributed by atoms with van der Waals surface area (Å²) in [7, 11) is 0. The van der Waals surface area contributed by atoms with E-state index in [0.717, 1.165) is 10.2 Å². The van der Waals surface area contributed by atoms with E-state index in [9.17, 15) is 4.79 Å². The summed E-state index contributed by atoms with van der Waals surface area (Å²) in [5.74, 6) is -0.794. The van der Waals surface area contributed by atoms with Gasteiger partial charge in [0.05, 0.1) is 11.6 Å². The summed E-state index contributed by atoms with van der Waals surface area (Å²) >= 11 is 3.37. The zero-order valence-corrected chi connectivity index (χ0v) is 11.0. The number of benzene rings is 1. The van der Waals surface area contributed by atoms with Crippen LogP contribution in [0, 0.1) is 11.3 Å². The molecule has 0 aliphatic carbocycles. The second kappa shape index (κ2) is 6.26. The van der Waals surface area contributed by atoms with Gasteiger partial charge < -0.3 is 10.4 Å². The Hall–Kier alpha value is -1.54. The van der Waals surface area contributed by atoms with Gasteiger partial charge in [-0.25, -0.2) is 0 Å². The van der Waals surface area contributed by atoms with Gasteiger partial charge in [0.1, 0.15) is 0 Å². The molecule has 1 unspecified atom stereocenters. The van der Waals surface area contributed by atoms with Crippen molar-refractivity contribution in [3.8, 4) is 6.07 Å². The Bertz CT molecular complexity index is 454. The Morgan fingerprint density at radius 3 is 2.88 bits per heavy atom. The van der Waals surface area contributed by atoms with E-state index in [-0.39, 0.29) is 12.5 Å². The van der Waals surface area contributed by atoms with Crippen molar-refractivity contribution in [3.05, 3.63) is 28.2 Å². The fourth-order valence-electron chi connectivity index (χ4n) is 1.38. The molecule has 0 saturated heterocycles. The molecule has 1 aromatic carbocycles. The summed E-state index contributed by atoms with van der Waals surface area (Å²) in [6, 6.07) is 7.37. The summed E-state index contributed by atoms with van der Waals surface area (Å²) in [5, 5.41) is 20.5. The summed E-state index contributed by atoms with van der Waals surface area (Å²) < 4.78 is 0.804. The average molecular weight is 297 g/mol. The molecule has 90 valence electrons. The molecular formula is C12H13BrN2O2. The molecule has 0 bridgehead atoms. The van der Waals surface area contributed by atoms with Crippen molar-refractivity contribution in [2.75, 3.05) is 5.32 Å². The van der Waals surface area contributed by atoms with E-state index in [4.69, 9.17) is 10.4 Å². The largest absolute Gasteiger partial charge is 0.481 e. The molecule has 0 aliphatic heterocycles. The van der Waals surface area contributed by atoms with Crippen LogP contribution in [-0.2, 0) is 4.79 Å².